The molecule has 116 valence electrons. The lowest BCUT2D eigenvalue weighted by Crippen LogP contribution is -2.47. The molecule has 0 amide bonds. The fraction of sp³-hybridized carbons (Fsp3) is 0.750. The summed E-state index contributed by atoms with van der Waals surface area (Å²) in [6, 6.07) is 0.716. The first kappa shape index (κ1) is 16.9. The predicted molar refractivity (Wildman–Crippen MR) is 86.9 cm³/mol. The fourth-order valence-corrected chi connectivity index (χ4v) is 2.60. The zero-order valence-corrected chi connectivity index (χ0v) is 14.1. The molecule has 4 nitrogen and oxygen atoms in total. The minimum absolute atomic E-state index is 0.440. The second-order valence-electron chi connectivity index (χ2n) is 6.18. The molecule has 0 radical (unpaired) electrons. The van der Waals surface area contributed by atoms with E-state index in [-0.39, 0.29) is 0 Å². The summed E-state index contributed by atoms with van der Waals surface area (Å²) in [5, 5.41) is 2.10. The molecule has 0 bridgehead atoms. The first-order valence-corrected chi connectivity index (χ1v) is 7.63. The minimum Gasteiger partial charge on any atom is -0.357 e. The zero-order chi connectivity index (χ0) is 15.3. The molecule has 1 aliphatic rings. The van der Waals surface area contributed by atoms with Crippen LogP contribution in [-0.4, -0.2) is 55.1 Å². The number of rotatable bonds is 6. The summed E-state index contributed by atoms with van der Waals surface area (Å²) in [4.78, 5) is 4.80. The maximum absolute atomic E-state index is 4.09. The van der Waals surface area contributed by atoms with Crippen molar-refractivity contribution >= 4 is 0 Å². The average molecular weight is 280 g/mol. The van der Waals surface area contributed by atoms with Crippen LogP contribution in [0, 0.1) is 5.92 Å². The maximum Gasteiger partial charge on any atom is 0.118 e. The van der Waals surface area contributed by atoms with E-state index in [1.807, 2.05) is 0 Å². The van der Waals surface area contributed by atoms with Gasteiger partial charge in [0.05, 0.1) is 0 Å². The van der Waals surface area contributed by atoms with Crippen LogP contribution in [0.15, 0.2) is 24.2 Å². The number of likely N-dealkylation sites (tertiary alicyclic amines) is 1. The van der Waals surface area contributed by atoms with E-state index in [4.69, 9.17) is 0 Å². The molecule has 0 aromatic heterocycles. The van der Waals surface area contributed by atoms with E-state index in [2.05, 4.69) is 74.8 Å². The minimum atomic E-state index is 0.440. The van der Waals surface area contributed by atoms with Crippen LogP contribution in [0.1, 0.15) is 33.6 Å². The molecule has 1 heterocycles. The van der Waals surface area contributed by atoms with Crippen LogP contribution in [0.4, 0.5) is 0 Å². The largest absolute Gasteiger partial charge is 0.357 e. The molecule has 0 spiro atoms. The van der Waals surface area contributed by atoms with Gasteiger partial charge in [0.1, 0.15) is 5.82 Å². The highest BCUT2D eigenvalue weighted by Crippen LogP contribution is 2.19. The normalized spacial score (nSPS) is 17.8. The SMILES string of the molecule is C=C(NN(C)/C(=C\C)N1CCC(N(C)C)CC1)C(C)C. The number of allylic oxidation sites excluding steroid dienone is 2. The molecule has 0 aromatic carbocycles. The third-order valence-corrected chi connectivity index (χ3v) is 4.13. The van der Waals surface area contributed by atoms with E-state index in [0.717, 1.165) is 18.8 Å². The lowest BCUT2D eigenvalue weighted by Gasteiger charge is -2.40. The molecule has 0 saturated carbocycles. The Kier molecular flexibility index (Phi) is 6.40. The highest BCUT2D eigenvalue weighted by molar-refractivity contribution is 5.03. The summed E-state index contributed by atoms with van der Waals surface area (Å²) in [6.07, 6.45) is 4.63. The molecule has 1 aliphatic heterocycles. The van der Waals surface area contributed by atoms with E-state index >= 15 is 0 Å². The number of nitrogens with zero attached hydrogens (tertiary/aromatic N) is 3. The monoisotopic (exact) mass is 280 g/mol. The Morgan fingerprint density at radius 1 is 1.25 bits per heavy atom. The predicted octanol–water partition coefficient (Wildman–Crippen LogP) is 2.48. The fourth-order valence-electron chi connectivity index (χ4n) is 2.60. The standard InChI is InChI=1S/C16H32N4/c1-8-16(19(7)17-14(4)13(2)3)20-11-9-15(10-12-20)18(5)6/h8,13,15,17H,4,9-12H2,1-3,5-7H3/b16-8+. The van der Waals surface area contributed by atoms with E-state index < -0.39 is 0 Å². The van der Waals surface area contributed by atoms with Crippen LogP contribution in [0.25, 0.3) is 0 Å². The van der Waals surface area contributed by atoms with Gasteiger partial charge in [-0.1, -0.05) is 20.4 Å². The first-order valence-electron chi connectivity index (χ1n) is 7.63. The number of nitrogens with one attached hydrogen (secondary N) is 1. The van der Waals surface area contributed by atoms with Crippen LogP contribution in [-0.2, 0) is 0 Å². The summed E-state index contributed by atoms with van der Waals surface area (Å²) >= 11 is 0. The van der Waals surface area contributed by atoms with Crippen LogP contribution in [0.5, 0.6) is 0 Å². The van der Waals surface area contributed by atoms with Gasteiger partial charge < -0.3 is 15.2 Å². The van der Waals surface area contributed by atoms with E-state index in [1.165, 1.54) is 18.7 Å². The molecule has 0 atom stereocenters. The lowest BCUT2D eigenvalue weighted by atomic mass is 10.0. The third-order valence-electron chi connectivity index (χ3n) is 4.13. The zero-order valence-electron chi connectivity index (χ0n) is 14.1. The van der Waals surface area contributed by atoms with Crippen molar-refractivity contribution in [2.24, 2.45) is 5.92 Å². The molecule has 1 rings (SSSR count). The van der Waals surface area contributed by atoms with Crippen molar-refractivity contribution < 1.29 is 0 Å². The van der Waals surface area contributed by atoms with Gasteiger partial charge in [-0.25, -0.2) is 0 Å². The van der Waals surface area contributed by atoms with Gasteiger partial charge in [0, 0.05) is 31.9 Å². The highest BCUT2D eigenvalue weighted by atomic mass is 15.6. The van der Waals surface area contributed by atoms with Crippen molar-refractivity contribution in [3.05, 3.63) is 24.2 Å². The van der Waals surface area contributed by atoms with Crippen LogP contribution < -0.4 is 5.43 Å². The van der Waals surface area contributed by atoms with Crippen molar-refractivity contribution in [3.63, 3.8) is 0 Å². The van der Waals surface area contributed by atoms with Gasteiger partial charge in [0.15, 0.2) is 0 Å². The van der Waals surface area contributed by atoms with Crippen molar-refractivity contribution in [1.82, 2.24) is 20.2 Å². The first-order chi connectivity index (χ1) is 9.36. The molecule has 0 unspecified atom stereocenters. The Balaban J connectivity index is 2.58. The third kappa shape index (κ3) is 4.44. The smallest absolute Gasteiger partial charge is 0.118 e. The Hall–Kier alpha value is -1.16. The van der Waals surface area contributed by atoms with E-state index in [0.29, 0.717) is 12.0 Å². The van der Waals surface area contributed by atoms with Crippen LogP contribution in [0.3, 0.4) is 0 Å². The summed E-state index contributed by atoms with van der Waals surface area (Å²) in [5.74, 6) is 1.68. The van der Waals surface area contributed by atoms with Gasteiger partial charge in [-0.15, -0.1) is 0 Å². The molecular weight excluding hydrogens is 248 g/mol. The molecular formula is C16H32N4. The Bertz CT molecular complexity index is 338. The number of hydrazine groups is 1. The second-order valence-corrected chi connectivity index (χ2v) is 6.18. The Labute approximate surface area is 125 Å². The van der Waals surface area contributed by atoms with Crippen molar-refractivity contribution in [2.45, 2.75) is 39.7 Å². The quantitative estimate of drug-likeness (QED) is 0.755. The van der Waals surface area contributed by atoms with Gasteiger partial charge in [-0.3, -0.25) is 5.01 Å². The van der Waals surface area contributed by atoms with Gasteiger partial charge in [0.25, 0.3) is 0 Å². The van der Waals surface area contributed by atoms with Crippen molar-refractivity contribution in [3.8, 4) is 0 Å². The molecule has 1 N–H and O–H groups in total. The lowest BCUT2D eigenvalue weighted by molar-refractivity contribution is 0.128. The van der Waals surface area contributed by atoms with Gasteiger partial charge >= 0.3 is 0 Å². The molecule has 4 heteroatoms. The van der Waals surface area contributed by atoms with E-state index in [9.17, 15) is 0 Å². The van der Waals surface area contributed by atoms with E-state index in [1.54, 1.807) is 0 Å². The Morgan fingerprint density at radius 2 is 1.80 bits per heavy atom. The maximum atomic E-state index is 4.09. The van der Waals surface area contributed by atoms with Gasteiger partial charge in [-0.05, 0) is 45.9 Å². The summed E-state index contributed by atoms with van der Waals surface area (Å²) < 4.78 is 0. The Morgan fingerprint density at radius 3 is 2.20 bits per heavy atom. The molecule has 1 fully saturated rings. The summed E-state index contributed by atoms with van der Waals surface area (Å²) in [6.45, 7) is 12.7. The molecule has 0 aliphatic carbocycles. The number of hydrogen-bond acceptors (Lipinski definition) is 4. The van der Waals surface area contributed by atoms with Crippen LogP contribution in [0.2, 0.25) is 0 Å². The highest BCUT2D eigenvalue weighted by Gasteiger charge is 2.23. The van der Waals surface area contributed by atoms with Gasteiger partial charge in [-0.2, -0.15) is 0 Å². The molecule has 20 heavy (non-hydrogen) atoms. The average Bonchev–Trinajstić information content (AvgIpc) is 2.39. The topological polar surface area (TPSA) is 21.8 Å². The second kappa shape index (κ2) is 7.58. The van der Waals surface area contributed by atoms with Crippen LogP contribution >= 0.6 is 0 Å². The molecule has 0 aromatic rings. The van der Waals surface area contributed by atoms with Crippen molar-refractivity contribution in [2.75, 3.05) is 34.2 Å². The number of hydrogen-bond donors (Lipinski definition) is 1. The van der Waals surface area contributed by atoms with Gasteiger partial charge in [0.2, 0.25) is 0 Å². The summed E-state index contributed by atoms with van der Waals surface area (Å²) in [5.41, 5.74) is 4.43. The molecule has 1 saturated heterocycles. The summed E-state index contributed by atoms with van der Waals surface area (Å²) in [7, 11) is 6.43. The number of piperidine rings is 1. The van der Waals surface area contributed by atoms with Crippen molar-refractivity contribution in [1.29, 1.82) is 0 Å².